The quantitative estimate of drug-likeness (QED) is 0.789. The van der Waals surface area contributed by atoms with Crippen molar-refractivity contribution in [2.75, 3.05) is 26.2 Å². The first-order valence-electron chi connectivity index (χ1n) is 9.04. The van der Waals surface area contributed by atoms with Crippen molar-refractivity contribution in [1.82, 2.24) is 9.21 Å². The largest absolute Gasteiger partial charge is 0.341 e. The Labute approximate surface area is 159 Å². The molecule has 0 radical (unpaired) electrons. The molecule has 3 rings (SSSR count). The van der Waals surface area contributed by atoms with E-state index in [4.69, 9.17) is 0 Å². The fourth-order valence-corrected chi connectivity index (χ4v) is 4.66. The number of carbonyl (C=O) groups is 1. The van der Waals surface area contributed by atoms with Gasteiger partial charge in [-0.1, -0.05) is 30.3 Å². The summed E-state index contributed by atoms with van der Waals surface area (Å²) in [6.45, 7) is 1.51. The normalized spacial score (nSPS) is 16.1. The summed E-state index contributed by atoms with van der Waals surface area (Å²) in [5, 5.41) is 0. The van der Waals surface area contributed by atoms with Crippen molar-refractivity contribution >= 4 is 15.9 Å². The maximum absolute atomic E-state index is 13.1. The minimum absolute atomic E-state index is 0.0416. The molecule has 0 atom stereocenters. The van der Waals surface area contributed by atoms with Crippen molar-refractivity contribution in [1.29, 1.82) is 0 Å². The van der Waals surface area contributed by atoms with Gasteiger partial charge < -0.3 is 4.90 Å². The highest BCUT2D eigenvalue weighted by Crippen LogP contribution is 2.18. The molecule has 1 aliphatic rings. The van der Waals surface area contributed by atoms with Crippen LogP contribution in [0.2, 0.25) is 0 Å². The molecule has 144 valence electrons. The Kier molecular flexibility index (Phi) is 6.23. The molecule has 2 aromatic carbocycles. The van der Waals surface area contributed by atoms with Crippen LogP contribution in [0.4, 0.5) is 4.39 Å². The Morgan fingerprint density at radius 2 is 1.63 bits per heavy atom. The molecule has 0 saturated carbocycles. The number of rotatable bonds is 5. The first kappa shape index (κ1) is 19.5. The summed E-state index contributed by atoms with van der Waals surface area (Å²) in [4.78, 5) is 14.3. The molecule has 0 aliphatic carbocycles. The van der Waals surface area contributed by atoms with Gasteiger partial charge in [0.25, 0.3) is 0 Å². The Morgan fingerprint density at radius 3 is 2.33 bits per heavy atom. The highest BCUT2D eigenvalue weighted by atomic mass is 32.2. The van der Waals surface area contributed by atoms with Crippen molar-refractivity contribution in [2.45, 2.75) is 24.2 Å². The minimum atomic E-state index is -3.68. The molecular weight excluding hydrogens is 367 g/mol. The molecule has 1 heterocycles. The summed E-state index contributed by atoms with van der Waals surface area (Å²) >= 11 is 0. The van der Waals surface area contributed by atoms with E-state index in [0.717, 1.165) is 17.7 Å². The third kappa shape index (κ3) is 4.93. The number of nitrogens with zero attached hydrogens (tertiary/aromatic N) is 2. The molecule has 0 N–H and O–H groups in total. The Morgan fingerprint density at radius 1 is 0.926 bits per heavy atom. The monoisotopic (exact) mass is 390 g/mol. The zero-order valence-corrected chi connectivity index (χ0v) is 15.9. The number of hydrogen-bond donors (Lipinski definition) is 0. The van der Waals surface area contributed by atoms with Gasteiger partial charge in [-0.2, -0.15) is 4.31 Å². The zero-order chi connectivity index (χ0) is 19.3. The topological polar surface area (TPSA) is 57.7 Å². The molecule has 1 amide bonds. The van der Waals surface area contributed by atoms with Crippen LogP contribution in [0, 0.1) is 5.82 Å². The van der Waals surface area contributed by atoms with Gasteiger partial charge in [0, 0.05) is 32.6 Å². The van der Waals surface area contributed by atoms with E-state index in [9.17, 15) is 17.6 Å². The second kappa shape index (κ2) is 8.63. The summed E-state index contributed by atoms with van der Waals surface area (Å²) < 4.78 is 39.9. The maximum Gasteiger partial charge on any atom is 0.243 e. The van der Waals surface area contributed by atoms with E-state index >= 15 is 0 Å². The lowest BCUT2D eigenvalue weighted by atomic mass is 10.1. The molecule has 27 heavy (non-hydrogen) atoms. The van der Waals surface area contributed by atoms with Crippen molar-refractivity contribution in [3.8, 4) is 0 Å². The molecule has 2 aromatic rings. The van der Waals surface area contributed by atoms with E-state index < -0.39 is 15.8 Å². The van der Waals surface area contributed by atoms with Gasteiger partial charge in [0.15, 0.2) is 0 Å². The third-order valence-electron chi connectivity index (χ3n) is 4.73. The lowest BCUT2D eigenvalue weighted by molar-refractivity contribution is -0.131. The van der Waals surface area contributed by atoms with E-state index in [1.807, 2.05) is 30.3 Å². The van der Waals surface area contributed by atoms with Crippen molar-refractivity contribution in [2.24, 2.45) is 0 Å². The van der Waals surface area contributed by atoms with Gasteiger partial charge in [-0.3, -0.25) is 4.79 Å². The van der Waals surface area contributed by atoms with Crippen LogP contribution in [0.3, 0.4) is 0 Å². The molecule has 0 spiro atoms. The van der Waals surface area contributed by atoms with E-state index in [-0.39, 0.29) is 17.3 Å². The fourth-order valence-electron chi connectivity index (χ4n) is 3.19. The van der Waals surface area contributed by atoms with Crippen LogP contribution in [0.15, 0.2) is 59.5 Å². The van der Waals surface area contributed by atoms with Gasteiger partial charge in [0.05, 0.1) is 4.90 Å². The van der Waals surface area contributed by atoms with Gasteiger partial charge in [0.2, 0.25) is 15.9 Å². The van der Waals surface area contributed by atoms with Crippen LogP contribution in [0.1, 0.15) is 18.4 Å². The SMILES string of the molecule is O=C(CCc1ccccc1)N1CCCN(S(=O)(=O)c2ccc(F)cc2)CC1. The van der Waals surface area contributed by atoms with Crippen molar-refractivity contribution < 1.29 is 17.6 Å². The minimum Gasteiger partial charge on any atom is -0.341 e. The smallest absolute Gasteiger partial charge is 0.243 e. The molecule has 1 fully saturated rings. The van der Waals surface area contributed by atoms with Crippen molar-refractivity contribution in [3.05, 3.63) is 66.0 Å². The lowest BCUT2D eigenvalue weighted by Crippen LogP contribution is -2.37. The van der Waals surface area contributed by atoms with Crippen molar-refractivity contribution in [3.63, 3.8) is 0 Å². The summed E-state index contributed by atoms with van der Waals surface area (Å²) in [6.07, 6.45) is 1.67. The maximum atomic E-state index is 13.1. The van der Waals surface area contributed by atoms with Crippen LogP contribution in [0.5, 0.6) is 0 Å². The third-order valence-corrected chi connectivity index (χ3v) is 6.64. The Balaban J connectivity index is 1.59. The number of hydrogen-bond acceptors (Lipinski definition) is 3. The number of sulfonamides is 1. The summed E-state index contributed by atoms with van der Waals surface area (Å²) in [6, 6.07) is 14.7. The molecule has 5 nitrogen and oxygen atoms in total. The molecule has 0 bridgehead atoms. The number of halogens is 1. The second-order valence-electron chi connectivity index (χ2n) is 6.58. The van der Waals surface area contributed by atoms with E-state index in [0.29, 0.717) is 38.9 Å². The fraction of sp³-hybridized carbons (Fsp3) is 0.350. The van der Waals surface area contributed by atoms with Gasteiger partial charge in [-0.15, -0.1) is 0 Å². The molecule has 0 aromatic heterocycles. The summed E-state index contributed by atoms with van der Waals surface area (Å²) in [5.74, 6) is -0.431. The van der Waals surface area contributed by atoms with Crippen LogP contribution in [-0.2, 0) is 21.2 Å². The van der Waals surface area contributed by atoms with E-state index in [2.05, 4.69) is 0 Å². The highest BCUT2D eigenvalue weighted by Gasteiger charge is 2.28. The van der Waals surface area contributed by atoms with Crippen LogP contribution >= 0.6 is 0 Å². The first-order chi connectivity index (χ1) is 13.0. The zero-order valence-electron chi connectivity index (χ0n) is 15.1. The highest BCUT2D eigenvalue weighted by molar-refractivity contribution is 7.89. The van der Waals surface area contributed by atoms with Crippen LogP contribution < -0.4 is 0 Å². The average Bonchev–Trinajstić information content (AvgIpc) is 2.94. The predicted octanol–water partition coefficient (Wildman–Crippen LogP) is 2.68. The molecule has 0 unspecified atom stereocenters. The van der Waals surface area contributed by atoms with E-state index in [1.54, 1.807) is 4.90 Å². The number of amides is 1. The molecule has 7 heteroatoms. The second-order valence-corrected chi connectivity index (χ2v) is 8.52. The molecular formula is C20H23FN2O3S. The summed E-state index contributed by atoms with van der Waals surface area (Å²) in [7, 11) is -3.68. The number of aryl methyl sites for hydroxylation is 1. The van der Waals surface area contributed by atoms with Gasteiger partial charge >= 0.3 is 0 Å². The Hall–Kier alpha value is -2.25. The predicted molar refractivity (Wildman–Crippen MR) is 101 cm³/mol. The average molecular weight is 390 g/mol. The number of carbonyl (C=O) groups excluding carboxylic acids is 1. The van der Waals surface area contributed by atoms with Gasteiger partial charge in [0.1, 0.15) is 5.82 Å². The van der Waals surface area contributed by atoms with Gasteiger partial charge in [-0.05, 0) is 42.7 Å². The van der Waals surface area contributed by atoms with Crippen LogP contribution in [-0.4, -0.2) is 49.7 Å². The van der Waals surface area contributed by atoms with Gasteiger partial charge in [-0.25, -0.2) is 12.8 Å². The molecule has 1 saturated heterocycles. The lowest BCUT2D eigenvalue weighted by Gasteiger charge is -2.22. The van der Waals surface area contributed by atoms with E-state index in [1.165, 1.54) is 16.4 Å². The number of benzene rings is 2. The standard InChI is InChI=1S/C20H23FN2O3S/c21-18-8-10-19(11-9-18)27(25,26)23-14-4-13-22(15-16-23)20(24)12-7-17-5-2-1-3-6-17/h1-3,5-6,8-11H,4,7,12-16H2. The Bertz CT molecular complexity index is 870. The summed E-state index contributed by atoms with van der Waals surface area (Å²) in [5.41, 5.74) is 1.11. The van der Waals surface area contributed by atoms with Crippen LogP contribution in [0.25, 0.3) is 0 Å². The first-order valence-corrected chi connectivity index (χ1v) is 10.5. The molecule has 1 aliphatic heterocycles.